The number of ketones is 1. The van der Waals surface area contributed by atoms with E-state index < -0.39 is 117 Å². The van der Waals surface area contributed by atoms with Gasteiger partial charge in [0, 0.05) is 35.1 Å². The zero-order valence-electron chi connectivity index (χ0n) is 31.1. The third kappa shape index (κ3) is 8.61. The molecule has 19 heteroatoms. The van der Waals surface area contributed by atoms with Crippen molar-refractivity contribution < 1.29 is 79.1 Å². The predicted octanol–water partition coefficient (Wildman–Crippen LogP) is 7.88. The average molecular weight is 843 g/mol. The molecule has 2 atom stereocenters. The molecule has 0 bridgehead atoms. The summed E-state index contributed by atoms with van der Waals surface area (Å²) in [5.74, 6) is -6.04. The number of aliphatic hydroxyl groups is 2. The maximum Gasteiger partial charge on any atom is 0.424 e. The number of anilines is 2. The van der Waals surface area contributed by atoms with Crippen LogP contribution in [0.1, 0.15) is 88.7 Å². The minimum absolute atomic E-state index is 0.103. The zero-order chi connectivity index (χ0) is 44.5. The Morgan fingerprint density at radius 2 is 1.08 bits per heavy atom. The molecule has 59 heavy (non-hydrogen) atoms. The van der Waals surface area contributed by atoms with E-state index in [2.05, 4.69) is 5.32 Å². The molecule has 0 saturated heterocycles. The summed E-state index contributed by atoms with van der Waals surface area (Å²) in [5.41, 5.74) is -17.3. The SMILES string of the molecule is CNc1ccc(Cc2ccc(NC(=O)c3cc(C(C)(c4ccc(C(=O)O)c(C(C)=O)c4)C(F)(F)F)ccc3C(=O)O)c(C(O)(CF)C(F)(F)F)c2)cc1C(O)(CF)CF. The lowest BCUT2D eigenvalue weighted by Crippen LogP contribution is -2.45. The van der Waals surface area contributed by atoms with E-state index >= 15 is 13.2 Å². The molecule has 0 aliphatic heterocycles. The van der Waals surface area contributed by atoms with Gasteiger partial charge >= 0.3 is 24.3 Å². The fourth-order valence-electron chi connectivity index (χ4n) is 6.42. The fraction of sp³-hybridized carbons (Fsp3) is 0.300. The van der Waals surface area contributed by atoms with E-state index in [0.717, 1.165) is 37.3 Å². The van der Waals surface area contributed by atoms with Crippen molar-refractivity contribution in [2.75, 3.05) is 37.7 Å². The van der Waals surface area contributed by atoms with E-state index in [-0.39, 0.29) is 28.8 Å². The molecule has 10 nitrogen and oxygen atoms in total. The molecule has 0 radical (unpaired) electrons. The second-order valence-corrected chi connectivity index (χ2v) is 13.7. The van der Waals surface area contributed by atoms with Crippen LogP contribution in [0, 0.1) is 0 Å². The van der Waals surface area contributed by atoms with Gasteiger partial charge in [-0.1, -0.05) is 36.4 Å². The van der Waals surface area contributed by atoms with Gasteiger partial charge in [0.1, 0.15) is 31.0 Å². The molecule has 4 aromatic rings. The van der Waals surface area contributed by atoms with E-state index in [1.807, 2.05) is 5.32 Å². The standard InChI is InChI=1S/C40H35F9N2O8/c1-20(52)27-15-23(6-8-25(27)34(54)55)36(2,39(44,45)46)24-7-9-26(35(56)57)28(16-24)33(53)51-32-11-5-22(14-30(32)38(59,19-43)40(47,48)49)12-21-4-10-31(50-3)29(13-21)37(58,17-41)18-42/h4-11,13-16,50,58-59H,12,17-19H2,1-3H3,(H,51,53)(H,54,55)(H,56,57). The van der Waals surface area contributed by atoms with Gasteiger partial charge in [-0.3, -0.25) is 9.59 Å². The van der Waals surface area contributed by atoms with Gasteiger partial charge in [0.05, 0.1) is 16.7 Å². The molecule has 0 aliphatic rings. The third-order valence-electron chi connectivity index (χ3n) is 9.99. The number of alkyl halides is 9. The van der Waals surface area contributed by atoms with Crippen molar-refractivity contribution in [3.05, 3.63) is 128 Å². The lowest BCUT2D eigenvalue weighted by molar-refractivity contribution is -0.270. The normalized spacial score (nSPS) is 14.2. The van der Waals surface area contributed by atoms with Gasteiger partial charge < -0.3 is 31.1 Å². The Hall–Kier alpha value is -5.95. The Kier molecular flexibility index (Phi) is 13.0. The molecule has 4 aromatic carbocycles. The zero-order valence-corrected chi connectivity index (χ0v) is 31.1. The second-order valence-electron chi connectivity index (χ2n) is 13.7. The maximum absolute atomic E-state index is 15.1. The summed E-state index contributed by atoms with van der Waals surface area (Å²) >= 11 is 0. The maximum atomic E-state index is 15.1. The average Bonchev–Trinajstić information content (AvgIpc) is 3.18. The summed E-state index contributed by atoms with van der Waals surface area (Å²) in [5, 5.41) is 45.2. The van der Waals surface area contributed by atoms with E-state index in [9.17, 15) is 65.9 Å². The first-order valence-corrected chi connectivity index (χ1v) is 17.1. The van der Waals surface area contributed by atoms with Gasteiger partial charge in [-0.15, -0.1) is 0 Å². The van der Waals surface area contributed by atoms with Gasteiger partial charge in [0.25, 0.3) is 5.91 Å². The highest BCUT2D eigenvalue weighted by atomic mass is 19.4. The predicted molar refractivity (Wildman–Crippen MR) is 194 cm³/mol. The van der Waals surface area contributed by atoms with Gasteiger partial charge in [-0.05, 0) is 78.9 Å². The Labute approximate surface area is 329 Å². The lowest BCUT2D eigenvalue weighted by atomic mass is 9.73. The van der Waals surface area contributed by atoms with Crippen LogP contribution in [0.25, 0.3) is 0 Å². The van der Waals surface area contributed by atoms with Gasteiger partial charge in [-0.2, -0.15) is 26.3 Å². The second kappa shape index (κ2) is 16.7. The number of carbonyl (C=O) groups excluding carboxylic acids is 2. The first-order chi connectivity index (χ1) is 27.3. The number of hydrogen-bond acceptors (Lipinski definition) is 7. The van der Waals surface area contributed by atoms with Crippen molar-refractivity contribution >= 4 is 35.0 Å². The molecular formula is C40H35F9N2O8. The number of carbonyl (C=O) groups is 4. The number of benzene rings is 4. The number of amides is 1. The summed E-state index contributed by atoms with van der Waals surface area (Å²) in [6.45, 7) is -4.14. The van der Waals surface area contributed by atoms with Crippen LogP contribution in [0.5, 0.6) is 0 Å². The molecule has 0 aliphatic carbocycles. The first-order valence-electron chi connectivity index (χ1n) is 17.1. The van der Waals surface area contributed by atoms with Crippen LogP contribution < -0.4 is 10.6 Å². The number of aromatic carboxylic acids is 2. The molecule has 316 valence electrons. The highest BCUT2D eigenvalue weighted by Gasteiger charge is 2.57. The Bertz CT molecular complexity index is 2290. The largest absolute Gasteiger partial charge is 0.478 e. The summed E-state index contributed by atoms with van der Waals surface area (Å²) in [7, 11) is 1.39. The minimum atomic E-state index is -5.77. The van der Waals surface area contributed by atoms with Crippen molar-refractivity contribution in [1.82, 2.24) is 0 Å². The van der Waals surface area contributed by atoms with E-state index in [1.165, 1.54) is 19.2 Å². The van der Waals surface area contributed by atoms with Crippen LogP contribution in [-0.4, -0.2) is 83.5 Å². The summed E-state index contributed by atoms with van der Waals surface area (Å²) in [6.07, 6.45) is -11.4. The summed E-state index contributed by atoms with van der Waals surface area (Å²) in [6, 6.07) is 10.3. The van der Waals surface area contributed by atoms with Crippen molar-refractivity contribution in [2.24, 2.45) is 0 Å². The van der Waals surface area contributed by atoms with Crippen LogP contribution in [0.2, 0.25) is 0 Å². The molecule has 1 amide bonds. The minimum Gasteiger partial charge on any atom is -0.478 e. The van der Waals surface area contributed by atoms with Crippen molar-refractivity contribution in [3.63, 3.8) is 0 Å². The molecule has 2 unspecified atom stereocenters. The molecule has 0 aromatic heterocycles. The smallest absolute Gasteiger partial charge is 0.424 e. The molecule has 0 spiro atoms. The summed E-state index contributed by atoms with van der Waals surface area (Å²) < 4.78 is 130. The van der Waals surface area contributed by atoms with Crippen molar-refractivity contribution in [2.45, 2.75) is 49.2 Å². The molecule has 0 fully saturated rings. The number of hydrogen-bond donors (Lipinski definition) is 6. The highest BCUT2D eigenvalue weighted by molar-refractivity contribution is 6.11. The van der Waals surface area contributed by atoms with Crippen molar-refractivity contribution in [3.8, 4) is 0 Å². The van der Waals surface area contributed by atoms with Gasteiger partial charge in [0.15, 0.2) is 5.78 Å². The van der Waals surface area contributed by atoms with Crippen LogP contribution >= 0.6 is 0 Å². The third-order valence-corrected chi connectivity index (χ3v) is 9.99. The monoisotopic (exact) mass is 842 g/mol. The lowest BCUT2D eigenvalue weighted by Gasteiger charge is -2.34. The Morgan fingerprint density at radius 3 is 1.51 bits per heavy atom. The molecule has 0 saturated carbocycles. The van der Waals surface area contributed by atoms with E-state index in [0.29, 0.717) is 37.3 Å². The summed E-state index contributed by atoms with van der Waals surface area (Å²) in [4.78, 5) is 49.9. The Balaban J connectivity index is 1.89. The van der Waals surface area contributed by atoms with Crippen LogP contribution in [-0.2, 0) is 23.0 Å². The Morgan fingerprint density at radius 1 is 0.610 bits per heavy atom. The van der Waals surface area contributed by atoms with Gasteiger partial charge in [0.2, 0.25) is 5.60 Å². The highest BCUT2D eigenvalue weighted by Crippen LogP contribution is 2.48. The first kappa shape index (κ1) is 45.7. The number of halogens is 9. The molecule has 6 N–H and O–H groups in total. The van der Waals surface area contributed by atoms with Crippen LogP contribution in [0.4, 0.5) is 50.9 Å². The number of carboxylic acid groups (broad SMARTS) is 2. The number of Topliss-reactive ketones (excluding diaryl/α,β-unsaturated/α-hetero) is 1. The fourth-order valence-corrected chi connectivity index (χ4v) is 6.42. The molecular weight excluding hydrogens is 807 g/mol. The van der Waals surface area contributed by atoms with Crippen molar-refractivity contribution in [1.29, 1.82) is 0 Å². The molecule has 4 rings (SSSR count). The van der Waals surface area contributed by atoms with E-state index in [4.69, 9.17) is 0 Å². The number of rotatable bonds is 15. The number of carboxylic acids is 2. The van der Waals surface area contributed by atoms with Gasteiger partial charge in [-0.25, -0.2) is 22.8 Å². The quantitative estimate of drug-likeness (QED) is 0.0514. The van der Waals surface area contributed by atoms with E-state index in [1.54, 1.807) is 0 Å². The van der Waals surface area contributed by atoms with Crippen LogP contribution in [0.3, 0.4) is 0 Å². The molecule has 0 heterocycles. The topological polar surface area (TPSA) is 173 Å². The van der Waals surface area contributed by atoms with Crippen LogP contribution in [0.15, 0.2) is 72.8 Å². The number of nitrogens with one attached hydrogen (secondary N) is 2.